The molecule has 5 nitrogen and oxygen atoms in total. The Bertz CT molecular complexity index is 992. The SMILES string of the molecule is CCOC(=O)C1=C(C)N(c2ccc(OCC)cc2)C(=O)/C1=C\c1cccc(Cl)c1. The molecule has 3 rings (SSSR count). The van der Waals surface area contributed by atoms with Crippen molar-refractivity contribution in [1.82, 2.24) is 0 Å². The van der Waals surface area contributed by atoms with E-state index < -0.39 is 5.97 Å². The lowest BCUT2D eigenvalue weighted by molar-refractivity contribution is -0.138. The van der Waals surface area contributed by atoms with Crippen LogP contribution in [0.2, 0.25) is 5.02 Å². The number of ether oxygens (including phenoxy) is 2. The van der Waals surface area contributed by atoms with Crippen LogP contribution >= 0.6 is 11.6 Å². The van der Waals surface area contributed by atoms with Crippen molar-refractivity contribution in [2.24, 2.45) is 0 Å². The molecule has 1 heterocycles. The van der Waals surface area contributed by atoms with Gasteiger partial charge in [-0.1, -0.05) is 23.7 Å². The molecule has 0 unspecified atom stereocenters. The molecule has 1 aliphatic rings. The first-order chi connectivity index (χ1) is 14.0. The largest absolute Gasteiger partial charge is 0.494 e. The van der Waals surface area contributed by atoms with E-state index in [1.165, 1.54) is 4.90 Å². The first kappa shape index (κ1) is 20.7. The van der Waals surface area contributed by atoms with Gasteiger partial charge in [0.15, 0.2) is 0 Å². The summed E-state index contributed by atoms with van der Waals surface area (Å²) in [5.74, 6) is -0.111. The van der Waals surface area contributed by atoms with Crippen molar-refractivity contribution < 1.29 is 19.1 Å². The van der Waals surface area contributed by atoms with Gasteiger partial charge in [-0.3, -0.25) is 9.69 Å². The van der Waals surface area contributed by atoms with Gasteiger partial charge in [0.1, 0.15) is 5.75 Å². The summed E-state index contributed by atoms with van der Waals surface area (Å²) in [5.41, 5.74) is 2.42. The molecule has 0 radical (unpaired) electrons. The van der Waals surface area contributed by atoms with Gasteiger partial charge in [0.25, 0.3) is 5.91 Å². The summed E-state index contributed by atoms with van der Waals surface area (Å²) in [6.45, 7) is 6.15. The summed E-state index contributed by atoms with van der Waals surface area (Å²) in [6, 6.07) is 14.3. The number of carbonyl (C=O) groups is 2. The summed E-state index contributed by atoms with van der Waals surface area (Å²) in [6.07, 6.45) is 1.67. The van der Waals surface area contributed by atoms with Crippen molar-refractivity contribution in [2.75, 3.05) is 18.1 Å². The van der Waals surface area contributed by atoms with Crippen molar-refractivity contribution in [3.8, 4) is 5.75 Å². The molecule has 2 aromatic carbocycles. The van der Waals surface area contributed by atoms with Crippen LogP contribution in [0.4, 0.5) is 5.69 Å². The molecule has 0 saturated carbocycles. The number of amides is 1. The minimum absolute atomic E-state index is 0.220. The lowest BCUT2D eigenvalue weighted by atomic mass is 10.0. The van der Waals surface area contributed by atoms with Gasteiger partial charge in [-0.05, 0) is 68.8 Å². The number of nitrogens with zero attached hydrogens (tertiary/aromatic N) is 1. The lowest BCUT2D eigenvalue weighted by Gasteiger charge is -2.18. The van der Waals surface area contributed by atoms with E-state index in [1.807, 2.05) is 13.0 Å². The third-order valence-corrected chi connectivity index (χ3v) is 4.68. The molecular weight excluding hydrogens is 390 g/mol. The molecular formula is C23H22ClNO4. The Balaban J connectivity index is 2.07. The number of hydrogen-bond acceptors (Lipinski definition) is 4. The van der Waals surface area contributed by atoms with Crippen LogP contribution in [0.25, 0.3) is 6.08 Å². The number of allylic oxidation sites excluding steroid dienone is 1. The van der Waals surface area contributed by atoms with E-state index >= 15 is 0 Å². The Labute approximate surface area is 175 Å². The van der Waals surface area contributed by atoms with Crippen molar-refractivity contribution in [2.45, 2.75) is 20.8 Å². The van der Waals surface area contributed by atoms with E-state index in [0.29, 0.717) is 28.8 Å². The van der Waals surface area contributed by atoms with E-state index in [2.05, 4.69) is 0 Å². The average Bonchev–Trinajstić information content (AvgIpc) is 2.93. The van der Waals surface area contributed by atoms with Gasteiger partial charge in [-0.25, -0.2) is 4.79 Å². The summed E-state index contributed by atoms with van der Waals surface area (Å²) >= 11 is 6.07. The number of hydrogen-bond donors (Lipinski definition) is 0. The summed E-state index contributed by atoms with van der Waals surface area (Å²) in [5, 5.41) is 0.548. The lowest BCUT2D eigenvalue weighted by Crippen LogP contribution is -2.24. The second-order valence-corrected chi connectivity index (χ2v) is 6.80. The summed E-state index contributed by atoms with van der Waals surface area (Å²) in [7, 11) is 0. The van der Waals surface area contributed by atoms with Crippen LogP contribution in [0.1, 0.15) is 26.3 Å². The van der Waals surface area contributed by atoms with Crippen LogP contribution in [0.15, 0.2) is 65.4 Å². The third kappa shape index (κ3) is 4.35. The Morgan fingerprint density at radius 3 is 2.45 bits per heavy atom. The monoisotopic (exact) mass is 411 g/mol. The number of esters is 1. The number of carbonyl (C=O) groups excluding carboxylic acids is 2. The van der Waals surface area contributed by atoms with Crippen LogP contribution in [0, 0.1) is 0 Å². The average molecular weight is 412 g/mol. The van der Waals surface area contributed by atoms with Crippen LogP contribution in [0.3, 0.4) is 0 Å². The molecule has 0 bridgehead atoms. The Kier molecular flexibility index (Phi) is 6.39. The van der Waals surface area contributed by atoms with Crippen LogP contribution in [0.5, 0.6) is 5.75 Å². The number of halogens is 1. The molecule has 0 atom stereocenters. The molecule has 1 amide bonds. The number of anilines is 1. The Hall–Kier alpha value is -3.05. The zero-order valence-corrected chi connectivity index (χ0v) is 17.3. The Morgan fingerprint density at radius 1 is 1.10 bits per heavy atom. The first-order valence-electron chi connectivity index (χ1n) is 9.39. The number of benzene rings is 2. The maximum atomic E-state index is 13.3. The molecule has 0 saturated heterocycles. The molecule has 2 aromatic rings. The second kappa shape index (κ2) is 8.97. The van der Waals surface area contributed by atoms with Crippen molar-refractivity contribution >= 4 is 35.2 Å². The quantitative estimate of drug-likeness (QED) is 0.495. The molecule has 0 spiro atoms. The topological polar surface area (TPSA) is 55.8 Å². The predicted molar refractivity (Wildman–Crippen MR) is 114 cm³/mol. The highest BCUT2D eigenvalue weighted by molar-refractivity contribution is 6.30. The van der Waals surface area contributed by atoms with Gasteiger partial charge >= 0.3 is 5.97 Å². The second-order valence-electron chi connectivity index (χ2n) is 6.36. The van der Waals surface area contributed by atoms with E-state index in [0.717, 1.165) is 5.56 Å². The van der Waals surface area contributed by atoms with E-state index in [9.17, 15) is 9.59 Å². The minimum atomic E-state index is -0.528. The molecule has 0 fully saturated rings. The van der Waals surface area contributed by atoms with Gasteiger partial charge in [0.05, 0.1) is 24.4 Å². The maximum Gasteiger partial charge on any atom is 0.340 e. The van der Waals surface area contributed by atoms with E-state index in [-0.39, 0.29) is 23.7 Å². The van der Waals surface area contributed by atoms with Gasteiger partial charge in [-0.2, -0.15) is 0 Å². The number of rotatable bonds is 6. The highest BCUT2D eigenvalue weighted by atomic mass is 35.5. The smallest absolute Gasteiger partial charge is 0.340 e. The van der Waals surface area contributed by atoms with Crippen LogP contribution in [-0.4, -0.2) is 25.1 Å². The summed E-state index contributed by atoms with van der Waals surface area (Å²) in [4.78, 5) is 27.4. The summed E-state index contributed by atoms with van der Waals surface area (Å²) < 4.78 is 10.7. The minimum Gasteiger partial charge on any atom is -0.494 e. The third-order valence-electron chi connectivity index (χ3n) is 4.45. The highest BCUT2D eigenvalue weighted by Gasteiger charge is 2.38. The fraction of sp³-hybridized carbons (Fsp3) is 0.217. The van der Waals surface area contributed by atoms with Crippen LogP contribution < -0.4 is 9.64 Å². The molecule has 150 valence electrons. The van der Waals surface area contributed by atoms with Crippen molar-refractivity contribution in [3.63, 3.8) is 0 Å². The molecule has 29 heavy (non-hydrogen) atoms. The zero-order valence-electron chi connectivity index (χ0n) is 16.6. The normalized spacial score (nSPS) is 15.2. The van der Waals surface area contributed by atoms with E-state index in [4.69, 9.17) is 21.1 Å². The molecule has 6 heteroatoms. The van der Waals surface area contributed by atoms with E-state index in [1.54, 1.807) is 62.4 Å². The molecule has 1 aliphatic heterocycles. The highest BCUT2D eigenvalue weighted by Crippen LogP contribution is 2.36. The zero-order chi connectivity index (χ0) is 21.0. The Morgan fingerprint density at radius 2 is 1.83 bits per heavy atom. The predicted octanol–water partition coefficient (Wildman–Crippen LogP) is 5.01. The standard InChI is InChI=1S/C23H22ClNO4/c1-4-28-19-11-9-18(10-12-19)25-15(3)21(23(27)29-5-2)20(22(25)26)14-16-7-6-8-17(24)13-16/h6-14H,4-5H2,1-3H3/b20-14-. The first-order valence-corrected chi connectivity index (χ1v) is 9.77. The van der Waals surface area contributed by atoms with Gasteiger partial charge in [0, 0.05) is 16.4 Å². The fourth-order valence-corrected chi connectivity index (χ4v) is 3.41. The maximum absolute atomic E-state index is 13.3. The van der Waals surface area contributed by atoms with Crippen LogP contribution in [-0.2, 0) is 14.3 Å². The van der Waals surface area contributed by atoms with Crippen molar-refractivity contribution in [3.05, 3.63) is 76.0 Å². The fourth-order valence-electron chi connectivity index (χ4n) is 3.21. The molecule has 0 N–H and O–H groups in total. The van der Waals surface area contributed by atoms with Gasteiger partial charge in [-0.15, -0.1) is 0 Å². The molecule has 0 aliphatic carbocycles. The van der Waals surface area contributed by atoms with Gasteiger partial charge in [0.2, 0.25) is 0 Å². The molecule has 0 aromatic heterocycles. The van der Waals surface area contributed by atoms with Crippen molar-refractivity contribution in [1.29, 1.82) is 0 Å². The van der Waals surface area contributed by atoms with Gasteiger partial charge < -0.3 is 9.47 Å².